The van der Waals surface area contributed by atoms with Crippen LogP contribution in [0.2, 0.25) is 0 Å². The Labute approximate surface area is 124 Å². The zero-order valence-corrected chi connectivity index (χ0v) is 12.3. The fourth-order valence-electron chi connectivity index (χ4n) is 2.75. The van der Waals surface area contributed by atoms with Crippen molar-refractivity contribution in [1.29, 1.82) is 0 Å². The van der Waals surface area contributed by atoms with Gasteiger partial charge in [-0.15, -0.1) is 0 Å². The Kier molecular flexibility index (Phi) is 3.57. The number of hydrogen-bond acceptors (Lipinski definition) is 3. The molecule has 2 aromatic rings. The van der Waals surface area contributed by atoms with Gasteiger partial charge in [-0.1, -0.05) is 42.5 Å². The number of rotatable bonds is 4. The lowest BCUT2D eigenvalue weighted by molar-refractivity contribution is 0.0442. The Morgan fingerprint density at radius 2 is 1.71 bits per heavy atom. The first kappa shape index (κ1) is 14.3. The summed E-state index contributed by atoms with van der Waals surface area (Å²) >= 11 is 0. The largest absolute Gasteiger partial charge is 0.384 e. The third-order valence-electron chi connectivity index (χ3n) is 3.93. The molecule has 1 aliphatic rings. The van der Waals surface area contributed by atoms with Crippen LogP contribution in [0.1, 0.15) is 17.5 Å². The molecule has 110 valence electrons. The van der Waals surface area contributed by atoms with Crippen molar-refractivity contribution < 1.29 is 13.5 Å². The highest BCUT2D eigenvalue weighted by Gasteiger charge is 2.37. The van der Waals surface area contributed by atoms with Crippen molar-refractivity contribution in [1.82, 2.24) is 4.72 Å². The topological polar surface area (TPSA) is 66.4 Å². The molecule has 3 rings (SSSR count). The van der Waals surface area contributed by atoms with E-state index in [9.17, 15) is 13.5 Å². The molecule has 0 bridgehead atoms. The van der Waals surface area contributed by atoms with Crippen LogP contribution in [0.15, 0.2) is 59.5 Å². The normalized spacial score (nSPS) is 21.2. The summed E-state index contributed by atoms with van der Waals surface area (Å²) in [5.41, 5.74) is 0.776. The third-order valence-corrected chi connectivity index (χ3v) is 5.35. The van der Waals surface area contributed by atoms with Gasteiger partial charge in [0.05, 0.1) is 4.90 Å². The lowest BCUT2D eigenvalue weighted by Crippen LogP contribution is -2.39. The van der Waals surface area contributed by atoms with E-state index in [1.165, 1.54) is 12.1 Å². The minimum Gasteiger partial charge on any atom is -0.384 e. The van der Waals surface area contributed by atoms with E-state index in [0.717, 1.165) is 17.5 Å². The molecule has 0 saturated carbocycles. The van der Waals surface area contributed by atoms with E-state index in [1.54, 1.807) is 18.2 Å². The van der Waals surface area contributed by atoms with Gasteiger partial charge in [0.25, 0.3) is 0 Å². The predicted octanol–water partition coefficient (Wildman–Crippen LogP) is 1.80. The predicted molar refractivity (Wildman–Crippen MR) is 80.3 cm³/mol. The second kappa shape index (κ2) is 5.26. The number of hydrogen-bond donors (Lipinski definition) is 2. The summed E-state index contributed by atoms with van der Waals surface area (Å²) in [6, 6.07) is 15.8. The second-order valence-electron chi connectivity index (χ2n) is 5.33. The van der Waals surface area contributed by atoms with Gasteiger partial charge >= 0.3 is 0 Å². The summed E-state index contributed by atoms with van der Waals surface area (Å²) < 4.78 is 27.0. The van der Waals surface area contributed by atoms with Crippen molar-refractivity contribution in [2.24, 2.45) is 0 Å². The molecule has 2 N–H and O–H groups in total. The molecule has 0 aliphatic heterocycles. The molecule has 1 atom stereocenters. The molecule has 0 heterocycles. The van der Waals surface area contributed by atoms with Crippen LogP contribution in [0.4, 0.5) is 0 Å². The lowest BCUT2D eigenvalue weighted by Gasteiger charge is -2.24. The van der Waals surface area contributed by atoms with Crippen molar-refractivity contribution in [3.05, 3.63) is 65.7 Å². The van der Waals surface area contributed by atoms with Crippen LogP contribution in [0.3, 0.4) is 0 Å². The molecular formula is C16H17NO3S. The molecular weight excluding hydrogens is 286 g/mol. The van der Waals surface area contributed by atoms with Crippen molar-refractivity contribution in [3.63, 3.8) is 0 Å². The van der Waals surface area contributed by atoms with Crippen LogP contribution < -0.4 is 4.72 Å². The quantitative estimate of drug-likeness (QED) is 0.905. The molecule has 0 radical (unpaired) electrons. The smallest absolute Gasteiger partial charge is 0.240 e. The highest BCUT2D eigenvalue weighted by molar-refractivity contribution is 7.89. The Hall–Kier alpha value is -1.69. The monoisotopic (exact) mass is 303 g/mol. The van der Waals surface area contributed by atoms with Crippen LogP contribution in [0.25, 0.3) is 0 Å². The fourth-order valence-corrected chi connectivity index (χ4v) is 3.86. The first-order valence-electron chi connectivity index (χ1n) is 6.87. The van der Waals surface area contributed by atoms with Crippen molar-refractivity contribution >= 4 is 10.0 Å². The van der Waals surface area contributed by atoms with Crippen LogP contribution in [0, 0.1) is 0 Å². The summed E-state index contributed by atoms with van der Waals surface area (Å²) in [6.45, 7) is -0.0127. The molecule has 0 amide bonds. The van der Waals surface area contributed by atoms with Crippen molar-refractivity contribution in [2.45, 2.75) is 23.3 Å². The average Bonchev–Trinajstić information content (AvgIpc) is 2.85. The van der Waals surface area contributed by atoms with Crippen LogP contribution >= 0.6 is 0 Å². The molecule has 1 unspecified atom stereocenters. The number of benzene rings is 2. The number of sulfonamides is 1. The minimum absolute atomic E-state index is 0.0127. The van der Waals surface area contributed by atoms with E-state index in [-0.39, 0.29) is 11.4 Å². The Balaban J connectivity index is 1.80. The van der Waals surface area contributed by atoms with Gasteiger partial charge in [-0.3, -0.25) is 0 Å². The molecule has 21 heavy (non-hydrogen) atoms. The van der Waals surface area contributed by atoms with Crippen LogP contribution in [0.5, 0.6) is 0 Å². The van der Waals surface area contributed by atoms with Gasteiger partial charge in [-0.05, 0) is 36.1 Å². The molecule has 5 heteroatoms. The Morgan fingerprint density at radius 1 is 1.05 bits per heavy atom. The van der Waals surface area contributed by atoms with E-state index in [0.29, 0.717) is 6.42 Å². The Bertz CT molecular complexity index is 743. The standard InChI is InChI=1S/C16H17NO3S/c18-16(11-10-13-6-4-5-9-15(13)16)12-17-21(19,20)14-7-2-1-3-8-14/h1-9,17-18H,10-12H2. The SMILES string of the molecule is O=S(=O)(NCC1(O)CCc2ccccc21)c1ccccc1. The summed E-state index contributed by atoms with van der Waals surface area (Å²) in [7, 11) is -3.60. The summed E-state index contributed by atoms with van der Waals surface area (Å²) in [6.07, 6.45) is 1.30. The number of fused-ring (bicyclic) bond motifs is 1. The lowest BCUT2D eigenvalue weighted by atomic mass is 9.96. The van der Waals surface area contributed by atoms with Crippen molar-refractivity contribution in [2.75, 3.05) is 6.54 Å². The van der Waals surface area contributed by atoms with E-state index in [4.69, 9.17) is 0 Å². The first-order chi connectivity index (χ1) is 10.0. The maximum absolute atomic E-state index is 12.2. The van der Waals surface area contributed by atoms with Gasteiger partial charge in [-0.2, -0.15) is 0 Å². The highest BCUT2D eigenvalue weighted by atomic mass is 32.2. The molecule has 0 spiro atoms. The van der Waals surface area contributed by atoms with Gasteiger partial charge in [-0.25, -0.2) is 13.1 Å². The zero-order chi connectivity index (χ0) is 14.9. The van der Waals surface area contributed by atoms with E-state index in [2.05, 4.69) is 4.72 Å². The first-order valence-corrected chi connectivity index (χ1v) is 8.35. The minimum atomic E-state index is -3.60. The summed E-state index contributed by atoms with van der Waals surface area (Å²) in [5, 5.41) is 10.7. The molecule has 2 aromatic carbocycles. The van der Waals surface area contributed by atoms with E-state index in [1.807, 2.05) is 24.3 Å². The Morgan fingerprint density at radius 3 is 2.48 bits per heavy atom. The molecule has 0 fully saturated rings. The molecule has 4 nitrogen and oxygen atoms in total. The van der Waals surface area contributed by atoms with Gasteiger partial charge in [0.1, 0.15) is 5.60 Å². The van der Waals surface area contributed by atoms with Crippen LogP contribution in [-0.2, 0) is 22.0 Å². The van der Waals surface area contributed by atoms with E-state index >= 15 is 0 Å². The number of aryl methyl sites for hydroxylation is 1. The zero-order valence-electron chi connectivity index (χ0n) is 11.5. The van der Waals surface area contributed by atoms with Gasteiger partial charge in [0, 0.05) is 6.54 Å². The van der Waals surface area contributed by atoms with Gasteiger partial charge in [0.2, 0.25) is 10.0 Å². The van der Waals surface area contributed by atoms with E-state index < -0.39 is 15.6 Å². The number of aliphatic hydroxyl groups is 1. The van der Waals surface area contributed by atoms with Gasteiger partial charge < -0.3 is 5.11 Å². The average molecular weight is 303 g/mol. The molecule has 0 saturated heterocycles. The molecule has 1 aliphatic carbocycles. The second-order valence-corrected chi connectivity index (χ2v) is 7.09. The maximum atomic E-state index is 12.2. The summed E-state index contributed by atoms with van der Waals surface area (Å²) in [5.74, 6) is 0. The van der Waals surface area contributed by atoms with Crippen LogP contribution in [-0.4, -0.2) is 20.1 Å². The fraction of sp³-hybridized carbons (Fsp3) is 0.250. The van der Waals surface area contributed by atoms with Gasteiger partial charge in [0.15, 0.2) is 0 Å². The highest BCUT2D eigenvalue weighted by Crippen LogP contribution is 2.36. The molecule has 0 aromatic heterocycles. The summed E-state index contributed by atoms with van der Waals surface area (Å²) in [4.78, 5) is 0.208. The number of nitrogens with one attached hydrogen (secondary N) is 1. The third kappa shape index (κ3) is 2.72. The van der Waals surface area contributed by atoms with Crippen molar-refractivity contribution in [3.8, 4) is 0 Å². The maximum Gasteiger partial charge on any atom is 0.240 e.